The molecule has 0 amide bonds. The van der Waals surface area contributed by atoms with E-state index in [1.54, 1.807) is 0 Å². The first-order valence-electron chi connectivity index (χ1n) is 23.4. The lowest BCUT2D eigenvalue weighted by Gasteiger charge is -2.21. The highest BCUT2D eigenvalue weighted by atomic mass is 16.7. The molecule has 7 heteroatoms. The Kier molecular flexibility index (Phi) is 42.3. The van der Waals surface area contributed by atoms with Crippen molar-refractivity contribution < 1.29 is 28.9 Å². The first-order chi connectivity index (χ1) is 26.1. The van der Waals surface area contributed by atoms with E-state index >= 15 is 0 Å². The summed E-state index contributed by atoms with van der Waals surface area (Å²) in [6.07, 6.45) is 39.4. The van der Waals surface area contributed by atoms with E-state index in [1.165, 1.54) is 141 Å². The molecule has 0 bridgehead atoms. The molecule has 0 aromatic heterocycles. The lowest BCUT2D eigenvalue weighted by molar-refractivity contribution is -0.143. The smallest absolute Gasteiger partial charge is 0.466 e. The van der Waals surface area contributed by atoms with E-state index in [-0.39, 0.29) is 18.7 Å². The van der Waals surface area contributed by atoms with Gasteiger partial charge in [-0.1, -0.05) is 175 Å². The van der Waals surface area contributed by atoms with Crippen LogP contribution in [0.1, 0.15) is 239 Å². The van der Waals surface area contributed by atoms with Crippen molar-refractivity contribution >= 4 is 12.1 Å². The summed E-state index contributed by atoms with van der Waals surface area (Å²) in [6.45, 7) is 10.8. The first kappa shape index (κ1) is 51.7. The van der Waals surface area contributed by atoms with Crippen LogP contribution in [0.15, 0.2) is 0 Å². The van der Waals surface area contributed by atoms with Gasteiger partial charge in [0.1, 0.15) is 6.10 Å². The summed E-state index contributed by atoms with van der Waals surface area (Å²) >= 11 is 0. The third kappa shape index (κ3) is 40.1. The Hall–Kier alpha value is -1.34. The van der Waals surface area contributed by atoms with Crippen LogP contribution in [0.2, 0.25) is 0 Å². The minimum absolute atomic E-state index is 0.00273. The fourth-order valence-corrected chi connectivity index (χ4v) is 7.14. The van der Waals surface area contributed by atoms with Crippen LogP contribution in [-0.4, -0.2) is 67.7 Å². The van der Waals surface area contributed by atoms with Crippen molar-refractivity contribution in [1.82, 2.24) is 4.90 Å². The molecule has 0 aliphatic heterocycles. The second-order valence-corrected chi connectivity index (χ2v) is 15.9. The van der Waals surface area contributed by atoms with Crippen LogP contribution in [0, 0.1) is 0 Å². The molecule has 53 heavy (non-hydrogen) atoms. The van der Waals surface area contributed by atoms with E-state index in [9.17, 15) is 14.7 Å². The standard InChI is InChI=1S/C46H91NO6/c1-4-7-10-13-15-16-17-22-29-36-44(35-28-12-9-6-3)53-46(50)52-43-34-27-21-19-25-32-39-47(40-41-48)38-31-24-18-20-26-33-42-51-45(49)37-30-23-14-11-8-5-2/h44,48H,4-43H2,1-3H3. The molecule has 7 nitrogen and oxygen atoms in total. The Labute approximate surface area is 329 Å². The first-order valence-corrected chi connectivity index (χ1v) is 23.4. The zero-order valence-corrected chi connectivity index (χ0v) is 35.8. The van der Waals surface area contributed by atoms with Crippen LogP contribution in [0.3, 0.4) is 0 Å². The van der Waals surface area contributed by atoms with E-state index in [0.717, 1.165) is 90.3 Å². The maximum atomic E-state index is 12.5. The van der Waals surface area contributed by atoms with Gasteiger partial charge in [-0.25, -0.2) is 4.79 Å². The van der Waals surface area contributed by atoms with E-state index in [4.69, 9.17) is 14.2 Å². The van der Waals surface area contributed by atoms with Crippen molar-refractivity contribution in [3.63, 3.8) is 0 Å². The van der Waals surface area contributed by atoms with Gasteiger partial charge < -0.3 is 24.2 Å². The molecule has 0 rings (SSSR count). The largest absolute Gasteiger partial charge is 0.508 e. The summed E-state index contributed by atoms with van der Waals surface area (Å²) in [6, 6.07) is 0. The zero-order chi connectivity index (χ0) is 38.7. The summed E-state index contributed by atoms with van der Waals surface area (Å²) in [4.78, 5) is 26.7. The molecule has 0 heterocycles. The quantitative estimate of drug-likeness (QED) is 0.0490. The molecule has 0 fully saturated rings. The minimum Gasteiger partial charge on any atom is -0.466 e. The number of esters is 1. The zero-order valence-electron chi connectivity index (χ0n) is 35.8. The molecular weight excluding hydrogens is 663 g/mol. The summed E-state index contributed by atoms with van der Waals surface area (Å²) in [5, 5.41) is 9.53. The number of unbranched alkanes of at least 4 members (excludes halogenated alkanes) is 26. The number of carbonyl (C=O) groups excluding carboxylic acids is 2. The van der Waals surface area contributed by atoms with Crippen molar-refractivity contribution in [3.8, 4) is 0 Å². The number of ether oxygens (including phenoxy) is 3. The second kappa shape index (κ2) is 43.4. The van der Waals surface area contributed by atoms with Crippen LogP contribution >= 0.6 is 0 Å². The van der Waals surface area contributed by atoms with E-state index < -0.39 is 6.16 Å². The topological polar surface area (TPSA) is 85.3 Å². The van der Waals surface area contributed by atoms with Gasteiger partial charge in [0.05, 0.1) is 19.8 Å². The average molecular weight is 754 g/mol. The van der Waals surface area contributed by atoms with Gasteiger partial charge >= 0.3 is 12.1 Å². The van der Waals surface area contributed by atoms with E-state index in [1.807, 2.05) is 0 Å². The Bertz CT molecular complexity index is 750. The SMILES string of the molecule is CCCCCCCCCCCC(CCCCCC)OC(=O)OCCCCCCCCN(CCO)CCCCCCCCOC(=O)CCCCCCCC. The van der Waals surface area contributed by atoms with Gasteiger partial charge in [0, 0.05) is 13.0 Å². The van der Waals surface area contributed by atoms with Gasteiger partial charge in [0.25, 0.3) is 0 Å². The molecular formula is C46H91NO6. The minimum atomic E-state index is -0.470. The Balaban J connectivity index is 3.84. The summed E-state index contributed by atoms with van der Waals surface area (Å²) < 4.78 is 16.7. The maximum absolute atomic E-state index is 12.5. The molecule has 0 aromatic rings. The number of rotatable bonds is 43. The molecule has 0 spiro atoms. The highest BCUT2D eigenvalue weighted by Crippen LogP contribution is 2.18. The number of carbonyl (C=O) groups is 2. The third-order valence-electron chi connectivity index (χ3n) is 10.6. The third-order valence-corrected chi connectivity index (χ3v) is 10.6. The molecule has 0 saturated carbocycles. The van der Waals surface area contributed by atoms with E-state index in [0.29, 0.717) is 19.6 Å². The molecule has 0 saturated heterocycles. The average Bonchev–Trinajstić information content (AvgIpc) is 3.15. The Morgan fingerprint density at radius 2 is 0.830 bits per heavy atom. The van der Waals surface area contributed by atoms with Crippen LogP contribution in [0.4, 0.5) is 4.79 Å². The molecule has 0 aromatic carbocycles. The van der Waals surface area contributed by atoms with Crippen molar-refractivity contribution in [1.29, 1.82) is 0 Å². The number of hydrogen-bond donors (Lipinski definition) is 1. The van der Waals surface area contributed by atoms with E-state index in [2.05, 4.69) is 25.7 Å². The van der Waals surface area contributed by atoms with Gasteiger partial charge in [-0.2, -0.15) is 0 Å². The van der Waals surface area contributed by atoms with Crippen LogP contribution < -0.4 is 0 Å². The van der Waals surface area contributed by atoms with Crippen LogP contribution in [0.25, 0.3) is 0 Å². The maximum Gasteiger partial charge on any atom is 0.508 e. The fourth-order valence-electron chi connectivity index (χ4n) is 7.14. The molecule has 316 valence electrons. The van der Waals surface area contributed by atoms with Crippen molar-refractivity contribution in [3.05, 3.63) is 0 Å². The predicted octanol–water partition coefficient (Wildman–Crippen LogP) is 13.7. The number of hydrogen-bond acceptors (Lipinski definition) is 7. The van der Waals surface area contributed by atoms with Gasteiger partial charge in [0.2, 0.25) is 0 Å². The lowest BCUT2D eigenvalue weighted by Crippen LogP contribution is -2.29. The lowest BCUT2D eigenvalue weighted by atomic mass is 10.0. The highest BCUT2D eigenvalue weighted by Gasteiger charge is 2.15. The molecule has 0 aliphatic rings. The molecule has 1 atom stereocenters. The van der Waals surface area contributed by atoms with Crippen molar-refractivity contribution in [2.24, 2.45) is 0 Å². The number of nitrogens with zero attached hydrogens (tertiary/aromatic N) is 1. The fraction of sp³-hybridized carbons (Fsp3) is 0.957. The van der Waals surface area contributed by atoms with Crippen LogP contribution in [0.5, 0.6) is 0 Å². The molecule has 0 aliphatic carbocycles. The molecule has 1 unspecified atom stereocenters. The Morgan fingerprint density at radius 1 is 0.453 bits per heavy atom. The van der Waals surface area contributed by atoms with Gasteiger partial charge in [0.15, 0.2) is 0 Å². The number of aliphatic hydroxyl groups is 1. The second-order valence-electron chi connectivity index (χ2n) is 15.9. The normalized spacial score (nSPS) is 12.0. The number of aliphatic hydroxyl groups excluding tert-OH is 1. The highest BCUT2D eigenvalue weighted by molar-refractivity contribution is 5.69. The molecule has 1 N–H and O–H groups in total. The van der Waals surface area contributed by atoms with Crippen LogP contribution in [-0.2, 0) is 19.0 Å². The monoisotopic (exact) mass is 754 g/mol. The summed E-state index contributed by atoms with van der Waals surface area (Å²) in [7, 11) is 0. The summed E-state index contributed by atoms with van der Waals surface area (Å²) in [5.41, 5.74) is 0. The van der Waals surface area contributed by atoms with Gasteiger partial charge in [-0.15, -0.1) is 0 Å². The molecule has 0 radical (unpaired) electrons. The van der Waals surface area contributed by atoms with Crippen molar-refractivity contribution in [2.45, 2.75) is 245 Å². The Morgan fingerprint density at radius 3 is 1.30 bits per heavy atom. The predicted molar refractivity (Wildman–Crippen MR) is 225 cm³/mol. The summed E-state index contributed by atoms with van der Waals surface area (Å²) in [5.74, 6) is -0.0241. The van der Waals surface area contributed by atoms with Crippen molar-refractivity contribution in [2.75, 3.05) is 39.5 Å². The van der Waals surface area contributed by atoms with Gasteiger partial charge in [-0.3, -0.25) is 4.79 Å². The van der Waals surface area contributed by atoms with Gasteiger partial charge in [-0.05, 0) is 70.9 Å².